The zero-order chi connectivity index (χ0) is 27.7. The van der Waals surface area contributed by atoms with Crippen LogP contribution in [0.5, 0.6) is 0 Å². The minimum atomic E-state index is -0.943. The van der Waals surface area contributed by atoms with Crippen molar-refractivity contribution in [1.82, 2.24) is 14.3 Å². The van der Waals surface area contributed by atoms with Gasteiger partial charge in [0.1, 0.15) is 21.6 Å². The molecule has 0 unspecified atom stereocenters. The zero-order valence-electron chi connectivity index (χ0n) is 21.2. The number of hydrogen-bond acceptors (Lipinski definition) is 8. The minimum Gasteiger partial charge on any atom is -0.481 e. The topological polar surface area (TPSA) is 98.5 Å². The summed E-state index contributed by atoms with van der Waals surface area (Å²) in [6.45, 7) is 4.12. The molecule has 1 aromatic carbocycles. The largest absolute Gasteiger partial charge is 0.481 e. The Morgan fingerprint density at radius 1 is 1.13 bits per heavy atom. The summed E-state index contributed by atoms with van der Waals surface area (Å²) in [6.07, 6.45) is 3.44. The number of hydrogen-bond donors (Lipinski definition) is 1. The molecule has 9 nitrogen and oxygen atoms in total. The molecule has 2 aromatic heterocycles. The molecule has 0 atom stereocenters. The number of aromatic nitrogens is 2. The molecule has 0 spiro atoms. The molecule has 12 heteroatoms. The lowest BCUT2D eigenvalue weighted by molar-refractivity contribution is -0.137. The number of halogens is 1. The van der Waals surface area contributed by atoms with Gasteiger partial charge in [0.15, 0.2) is 0 Å². The lowest BCUT2D eigenvalue weighted by Crippen LogP contribution is -2.47. The molecule has 4 heterocycles. The predicted octanol–water partition coefficient (Wildman–Crippen LogP) is 3.53. The van der Waals surface area contributed by atoms with Crippen LogP contribution in [0.2, 0.25) is 0 Å². The summed E-state index contributed by atoms with van der Waals surface area (Å²) >= 11 is 6.46. The maximum Gasteiger partial charge on any atom is 0.303 e. The van der Waals surface area contributed by atoms with E-state index in [-0.39, 0.29) is 47.1 Å². The molecule has 39 heavy (non-hydrogen) atoms. The van der Waals surface area contributed by atoms with Crippen molar-refractivity contribution >= 4 is 63.4 Å². The average Bonchev–Trinajstić information content (AvgIpc) is 3.18. The maximum absolute atomic E-state index is 14.4. The summed E-state index contributed by atoms with van der Waals surface area (Å²) in [4.78, 5) is 48.2. The van der Waals surface area contributed by atoms with Crippen LogP contribution in [-0.4, -0.2) is 68.3 Å². The van der Waals surface area contributed by atoms with E-state index in [9.17, 15) is 18.8 Å². The first-order valence-corrected chi connectivity index (χ1v) is 13.7. The van der Waals surface area contributed by atoms with Crippen LogP contribution < -0.4 is 15.4 Å². The number of carboxylic acids is 1. The van der Waals surface area contributed by atoms with Crippen LogP contribution in [0.25, 0.3) is 11.7 Å². The van der Waals surface area contributed by atoms with Crippen molar-refractivity contribution in [1.29, 1.82) is 0 Å². The highest BCUT2D eigenvalue weighted by Gasteiger charge is 2.33. The van der Waals surface area contributed by atoms with E-state index in [0.717, 1.165) is 17.3 Å². The van der Waals surface area contributed by atoms with Gasteiger partial charge in [-0.05, 0) is 43.2 Å². The molecular formula is C27H26FN5O4S2. The van der Waals surface area contributed by atoms with E-state index in [1.807, 2.05) is 22.8 Å². The number of carbonyl (C=O) groups is 2. The summed E-state index contributed by atoms with van der Waals surface area (Å²) in [6, 6.07) is 10.3. The Labute approximate surface area is 233 Å². The second-order valence-corrected chi connectivity index (χ2v) is 11.0. The predicted molar refractivity (Wildman–Crippen MR) is 154 cm³/mol. The second kappa shape index (κ2) is 11.1. The summed E-state index contributed by atoms with van der Waals surface area (Å²) in [5.74, 6) is -1.14. The Morgan fingerprint density at radius 3 is 2.56 bits per heavy atom. The van der Waals surface area contributed by atoms with E-state index in [2.05, 4.69) is 0 Å². The number of nitrogens with zero attached hydrogens (tertiary/aromatic N) is 5. The molecule has 2 fully saturated rings. The zero-order valence-corrected chi connectivity index (χ0v) is 22.8. The Morgan fingerprint density at radius 2 is 1.85 bits per heavy atom. The summed E-state index contributed by atoms with van der Waals surface area (Å²) in [5.41, 5.74) is 1.85. The molecule has 0 bridgehead atoms. The lowest BCUT2D eigenvalue weighted by atomic mass is 10.2. The number of anilines is 2. The molecule has 1 N–H and O–H groups in total. The molecule has 202 valence electrons. The first kappa shape index (κ1) is 26.8. The number of carbonyl (C=O) groups excluding carboxylic acids is 1. The SMILES string of the molecule is Cc1ccc2nc(N3CCN(c4ccccc4F)CC3)c(/C=C3\SC(=S)N(CCCC(=O)O)C3=O)c(=O)n2c1. The number of benzene rings is 1. The van der Waals surface area contributed by atoms with E-state index < -0.39 is 5.97 Å². The standard InChI is InChI=1S/C27H26FN5O4S2/c1-17-8-9-22-29-24(31-13-11-30(12-14-31)20-6-3-2-5-19(20)28)18(25(36)33(22)16-17)15-21-26(37)32(27(38)39-21)10-4-7-23(34)35/h2-3,5-6,8-9,15-16H,4,7,10-14H2,1H3,(H,34,35)/b21-15-. The van der Waals surface area contributed by atoms with Gasteiger partial charge in [0.25, 0.3) is 11.5 Å². The number of fused-ring (bicyclic) bond motifs is 1. The number of rotatable bonds is 7. The van der Waals surface area contributed by atoms with Crippen molar-refractivity contribution < 1.29 is 19.1 Å². The molecule has 2 aliphatic heterocycles. The van der Waals surface area contributed by atoms with E-state index >= 15 is 0 Å². The molecule has 0 radical (unpaired) electrons. The maximum atomic E-state index is 14.4. The molecule has 0 saturated carbocycles. The van der Waals surface area contributed by atoms with Crippen molar-refractivity contribution in [2.45, 2.75) is 19.8 Å². The number of pyridine rings is 1. The van der Waals surface area contributed by atoms with E-state index in [1.54, 1.807) is 36.5 Å². The Kier molecular flexibility index (Phi) is 7.67. The highest BCUT2D eigenvalue weighted by molar-refractivity contribution is 8.26. The number of carboxylic acid groups (broad SMARTS) is 1. The van der Waals surface area contributed by atoms with Crippen LogP contribution in [0.3, 0.4) is 0 Å². The van der Waals surface area contributed by atoms with Gasteiger partial charge < -0.3 is 14.9 Å². The number of aryl methyl sites for hydroxylation is 1. The number of piperazine rings is 1. The van der Waals surface area contributed by atoms with Crippen molar-refractivity contribution in [2.24, 2.45) is 0 Å². The molecule has 2 saturated heterocycles. The number of para-hydroxylation sites is 1. The van der Waals surface area contributed by atoms with Gasteiger partial charge in [-0.3, -0.25) is 23.7 Å². The minimum absolute atomic E-state index is 0.0750. The first-order valence-electron chi connectivity index (χ1n) is 12.5. The third kappa shape index (κ3) is 5.52. The van der Waals surface area contributed by atoms with Crippen LogP contribution in [-0.2, 0) is 9.59 Å². The third-order valence-electron chi connectivity index (χ3n) is 6.68. The monoisotopic (exact) mass is 567 g/mol. The van der Waals surface area contributed by atoms with Gasteiger partial charge in [-0.25, -0.2) is 9.37 Å². The van der Waals surface area contributed by atoms with Gasteiger partial charge in [-0.15, -0.1) is 0 Å². The molecular weight excluding hydrogens is 541 g/mol. The van der Waals surface area contributed by atoms with Crippen LogP contribution >= 0.6 is 24.0 Å². The molecule has 5 rings (SSSR count). The fourth-order valence-electron chi connectivity index (χ4n) is 4.69. The highest BCUT2D eigenvalue weighted by Crippen LogP contribution is 2.34. The smallest absolute Gasteiger partial charge is 0.303 e. The van der Waals surface area contributed by atoms with Crippen molar-refractivity contribution in [2.75, 3.05) is 42.5 Å². The molecule has 0 aliphatic carbocycles. The van der Waals surface area contributed by atoms with Gasteiger partial charge in [0.05, 0.1) is 16.2 Å². The number of thioether (sulfide) groups is 1. The normalized spacial score (nSPS) is 17.1. The van der Waals surface area contributed by atoms with Crippen molar-refractivity contribution in [3.05, 3.63) is 74.8 Å². The van der Waals surface area contributed by atoms with Gasteiger partial charge in [-0.2, -0.15) is 0 Å². The van der Waals surface area contributed by atoms with Crippen molar-refractivity contribution in [3.63, 3.8) is 0 Å². The number of thiocarbonyl (C=S) groups is 1. The van der Waals surface area contributed by atoms with Gasteiger partial charge in [-0.1, -0.05) is 42.2 Å². The van der Waals surface area contributed by atoms with Crippen LogP contribution in [0.1, 0.15) is 24.0 Å². The molecule has 3 aromatic rings. The van der Waals surface area contributed by atoms with E-state index in [0.29, 0.717) is 47.7 Å². The summed E-state index contributed by atoms with van der Waals surface area (Å²) < 4.78 is 16.2. The lowest BCUT2D eigenvalue weighted by Gasteiger charge is -2.37. The van der Waals surface area contributed by atoms with Crippen LogP contribution in [0, 0.1) is 12.7 Å². The third-order valence-corrected chi connectivity index (χ3v) is 8.06. The number of aliphatic carboxylic acids is 1. The van der Waals surface area contributed by atoms with Crippen LogP contribution in [0.15, 0.2) is 52.3 Å². The van der Waals surface area contributed by atoms with Gasteiger partial charge in [0.2, 0.25) is 0 Å². The van der Waals surface area contributed by atoms with E-state index in [1.165, 1.54) is 15.4 Å². The fourth-order valence-corrected chi connectivity index (χ4v) is 5.98. The van der Waals surface area contributed by atoms with Crippen molar-refractivity contribution in [3.8, 4) is 0 Å². The summed E-state index contributed by atoms with van der Waals surface area (Å²) in [5, 5.41) is 8.93. The second-order valence-electron chi connectivity index (χ2n) is 9.35. The Balaban J connectivity index is 1.49. The average molecular weight is 568 g/mol. The van der Waals surface area contributed by atoms with E-state index in [4.69, 9.17) is 22.3 Å². The fraction of sp³-hybridized carbons (Fsp3) is 0.296. The Hall–Kier alpha value is -3.77. The first-order chi connectivity index (χ1) is 18.7. The molecule has 1 amide bonds. The summed E-state index contributed by atoms with van der Waals surface area (Å²) in [7, 11) is 0. The van der Waals surface area contributed by atoms with Crippen LogP contribution in [0.4, 0.5) is 15.9 Å². The number of amides is 1. The quantitative estimate of drug-likeness (QED) is 0.340. The Bertz CT molecular complexity index is 1570. The van der Waals surface area contributed by atoms with Gasteiger partial charge >= 0.3 is 5.97 Å². The highest BCUT2D eigenvalue weighted by atomic mass is 32.2. The molecule has 2 aliphatic rings. The van der Waals surface area contributed by atoms with Gasteiger partial charge in [0, 0.05) is 45.3 Å².